The second kappa shape index (κ2) is 5.53. The molecule has 1 saturated heterocycles. The molecule has 0 spiro atoms. The highest BCUT2D eigenvalue weighted by Gasteiger charge is 2.34. The van der Waals surface area contributed by atoms with Gasteiger partial charge in [0.25, 0.3) is 5.91 Å². The molecule has 1 aliphatic rings. The van der Waals surface area contributed by atoms with Crippen LogP contribution >= 0.6 is 0 Å². The smallest absolute Gasteiger partial charge is 0.253 e. The van der Waals surface area contributed by atoms with Gasteiger partial charge >= 0.3 is 0 Å². The van der Waals surface area contributed by atoms with Crippen LogP contribution in [0.15, 0.2) is 30.5 Å². The standard InChI is InChI=1S/C17H22N2O2/c1-2-17(12-20)6-9-19(10-7-17)16(21)14-4-3-13-5-8-18-15(13)11-14/h3-5,8,11,18,20H,2,6-7,9-10,12H2,1H3. The lowest BCUT2D eigenvalue weighted by Crippen LogP contribution is -2.44. The average Bonchev–Trinajstić information content (AvgIpc) is 3.02. The molecule has 2 heterocycles. The van der Waals surface area contributed by atoms with Crippen molar-refractivity contribution in [3.05, 3.63) is 36.0 Å². The van der Waals surface area contributed by atoms with Crippen molar-refractivity contribution in [3.63, 3.8) is 0 Å². The summed E-state index contributed by atoms with van der Waals surface area (Å²) in [4.78, 5) is 17.7. The number of aromatic nitrogens is 1. The Morgan fingerprint density at radius 1 is 1.33 bits per heavy atom. The number of hydrogen-bond acceptors (Lipinski definition) is 2. The van der Waals surface area contributed by atoms with E-state index in [1.807, 2.05) is 35.4 Å². The van der Waals surface area contributed by atoms with Crippen molar-refractivity contribution < 1.29 is 9.90 Å². The minimum Gasteiger partial charge on any atom is -0.396 e. The van der Waals surface area contributed by atoms with Crippen LogP contribution in [0.2, 0.25) is 0 Å². The third kappa shape index (κ3) is 2.56. The number of nitrogens with one attached hydrogen (secondary N) is 1. The van der Waals surface area contributed by atoms with E-state index in [4.69, 9.17) is 0 Å². The van der Waals surface area contributed by atoms with Gasteiger partial charge in [-0.25, -0.2) is 0 Å². The Labute approximate surface area is 124 Å². The van der Waals surface area contributed by atoms with Crippen LogP contribution in [0.4, 0.5) is 0 Å². The van der Waals surface area contributed by atoms with E-state index in [9.17, 15) is 9.90 Å². The summed E-state index contributed by atoms with van der Waals surface area (Å²) in [5, 5.41) is 10.7. The Morgan fingerprint density at radius 3 is 2.76 bits per heavy atom. The van der Waals surface area contributed by atoms with Gasteiger partial charge < -0.3 is 15.0 Å². The molecule has 1 aromatic heterocycles. The predicted molar refractivity (Wildman–Crippen MR) is 83.2 cm³/mol. The average molecular weight is 286 g/mol. The van der Waals surface area contributed by atoms with Crippen LogP contribution in [0, 0.1) is 5.41 Å². The van der Waals surface area contributed by atoms with Crippen LogP contribution in [0.25, 0.3) is 10.9 Å². The van der Waals surface area contributed by atoms with E-state index in [-0.39, 0.29) is 17.9 Å². The summed E-state index contributed by atoms with van der Waals surface area (Å²) in [5.74, 6) is 0.0918. The summed E-state index contributed by atoms with van der Waals surface area (Å²) in [5.41, 5.74) is 1.74. The molecule has 112 valence electrons. The molecule has 0 bridgehead atoms. The van der Waals surface area contributed by atoms with E-state index >= 15 is 0 Å². The molecule has 21 heavy (non-hydrogen) atoms. The number of piperidine rings is 1. The Balaban J connectivity index is 1.74. The first kappa shape index (κ1) is 14.1. The van der Waals surface area contributed by atoms with E-state index in [0.717, 1.165) is 48.8 Å². The van der Waals surface area contributed by atoms with Crippen LogP contribution in [0.1, 0.15) is 36.5 Å². The zero-order valence-electron chi connectivity index (χ0n) is 12.4. The number of amides is 1. The zero-order valence-corrected chi connectivity index (χ0v) is 12.4. The fraction of sp³-hybridized carbons (Fsp3) is 0.471. The molecule has 3 rings (SSSR count). The van der Waals surface area contributed by atoms with Gasteiger partial charge in [0, 0.05) is 37.0 Å². The lowest BCUT2D eigenvalue weighted by Gasteiger charge is -2.40. The van der Waals surface area contributed by atoms with Crippen LogP contribution in [-0.2, 0) is 0 Å². The number of benzene rings is 1. The Kier molecular flexibility index (Phi) is 3.72. The van der Waals surface area contributed by atoms with Gasteiger partial charge in [0.05, 0.1) is 0 Å². The maximum Gasteiger partial charge on any atom is 0.253 e. The summed E-state index contributed by atoms with van der Waals surface area (Å²) < 4.78 is 0. The van der Waals surface area contributed by atoms with Crippen molar-refractivity contribution in [3.8, 4) is 0 Å². The largest absolute Gasteiger partial charge is 0.396 e. The highest BCUT2D eigenvalue weighted by molar-refractivity contribution is 5.98. The molecule has 0 unspecified atom stereocenters. The minimum absolute atomic E-state index is 0.0141. The molecule has 2 aromatic rings. The van der Waals surface area contributed by atoms with Crippen molar-refractivity contribution in [1.29, 1.82) is 0 Å². The first-order valence-electron chi connectivity index (χ1n) is 7.65. The quantitative estimate of drug-likeness (QED) is 0.911. The van der Waals surface area contributed by atoms with E-state index in [2.05, 4.69) is 11.9 Å². The number of rotatable bonds is 3. The van der Waals surface area contributed by atoms with E-state index in [1.54, 1.807) is 0 Å². The number of aliphatic hydroxyl groups excluding tert-OH is 1. The Bertz CT molecular complexity index is 633. The van der Waals surface area contributed by atoms with Gasteiger partial charge in [0.15, 0.2) is 0 Å². The second-order valence-corrected chi connectivity index (χ2v) is 6.08. The molecule has 1 aromatic carbocycles. The fourth-order valence-corrected chi connectivity index (χ4v) is 3.17. The number of aliphatic hydroxyl groups is 1. The summed E-state index contributed by atoms with van der Waals surface area (Å²) in [6.45, 7) is 3.80. The van der Waals surface area contributed by atoms with Crippen molar-refractivity contribution >= 4 is 16.8 Å². The number of fused-ring (bicyclic) bond motifs is 1. The van der Waals surface area contributed by atoms with Crippen LogP contribution in [0.5, 0.6) is 0 Å². The summed E-state index contributed by atoms with van der Waals surface area (Å²) in [7, 11) is 0. The topological polar surface area (TPSA) is 56.3 Å². The number of H-pyrrole nitrogens is 1. The zero-order chi connectivity index (χ0) is 14.9. The van der Waals surface area contributed by atoms with Gasteiger partial charge in [-0.05, 0) is 48.3 Å². The molecule has 0 saturated carbocycles. The Hall–Kier alpha value is -1.81. The van der Waals surface area contributed by atoms with E-state index < -0.39 is 0 Å². The highest BCUT2D eigenvalue weighted by atomic mass is 16.3. The van der Waals surface area contributed by atoms with Gasteiger partial charge in [-0.15, -0.1) is 0 Å². The number of carbonyl (C=O) groups is 1. The maximum absolute atomic E-state index is 12.6. The minimum atomic E-state index is 0.0141. The molecule has 2 N–H and O–H groups in total. The lowest BCUT2D eigenvalue weighted by molar-refractivity contribution is 0.0338. The van der Waals surface area contributed by atoms with Gasteiger partial charge in [0.1, 0.15) is 0 Å². The molecular formula is C17H22N2O2. The van der Waals surface area contributed by atoms with Crippen molar-refractivity contribution in [2.24, 2.45) is 5.41 Å². The van der Waals surface area contributed by atoms with E-state index in [1.165, 1.54) is 0 Å². The van der Waals surface area contributed by atoms with E-state index in [0.29, 0.717) is 0 Å². The monoisotopic (exact) mass is 286 g/mol. The second-order valence-electron chi connectivity index (χ2n) is 6.08. The van der Waals surface area contributed by atoms with Gasteiger partial charge in [-0.2, -0.15) is 0 Å². The number of nitrogens with zero attached hydrogens (tertiary/aromatic N) is 1. The molecular weight excluding hydrogens is 264 g/mol. The molecule has 1 fully saturated rings. The van der Waals surface area contributed by atoms with Gasteiger partial charge in [-0.1, -0.05) is 13.0 Å². The molecule has 0 atom stereocenters. The summed E-state index contributed by atoms with van der Waals surface area (Å²) in [6, 6.07) is 7.80. The number of aromatic amines is 1. The molecule has 4 nitrogen and oxygen atoms in total. The third-order valence-electron chi connectivity index (χ3n) is 5.00. The lowest BCUT2D eigenvalue weighted by atomic mass is 9.77. The molecule has 1 amide bonds. The number of carbonyl (C=O) groups excluding carboxylic acids is 1. The normalized spacial score (nSPS) is 18.1. The van der Waals surface area contributed by atoms with Gasteiger partial charge in [0.2, 0.25) is 0 Å². The van der Waals surface area contributed by atoms with Crippen LogP contribution in [0.3, 0.4) is 0 Å². The van der Waals surface area contributed by atoms with Crippen LogP contribution in [-0.4, -0.2) is 40.6 Å². The fourth-order valence-electron chi connectivity index (χ4n) is 3.17. The number of likely N-dealkylation sites (tertiary alicyclic amines) is 1. The highest BCUT2D eigenvalue weighted by Crippen LogP contribution is 2.34. The first-order chi connectivity index (χ1) is 10.2. The maximum atomic E-state index is 12.6. The molecule has 1 aliphatic heterocycles. The SMILES string of the molecule is CCC1(CO)CCN(C(=O)c2ccc3cc[nH]c3c2)CC1. The van der Waals surface area contributed by atoms with Crippen molar-refractivity contribution in [1.82, 2.24) is 9.88 Å². The third-order valence-corrected chi connectivity index (χ3v) is 5.00. The first-order valence-corrected chi connectivity index (χ1v) is 7.65. The molecule has 4 heteroatoms. The predicted octanol–water partition coefficient (Wildman–Crippen LogP) is 2.79. The Morgan fingerprint density at radius 2 is 2.10 bits per heavy atom. The van der Waals surface area contributed by atoms with Crippen LogP contribution < -0.4 is 0 Å². The summed E-state index contributed by atoms with van der Waals surface area (Å²) in [6.07, 6.45) is 4.63. The summed E-state index contributed by atoms with van der Waals surface area (Å²) >= 11 is 0. The molecule has 0 aliphatic carbocycles. The number of hydrogen-bond donors (Lipinski definition) is 2. The van der Waals surface area contributed by atoms with Crippen molar-refractivity contribution in [2.75, 3.05) is 19.7 Å². The molecule has 0 radical (unpaired) electrons. The van der Waals surface area contributed by atoms with Gasteiger partial charge in [-0.3, -0.25) is 4.79 Å². The van der Waals surface area contributed by atoms with Crippen molar-refractivity contribution in [2.45, 2.75) is 26.2 Å².